The minimum absolute atomic E-state index is 0.0854. The van der Waals surface area contributed by atoms with Crippen LogP contribution in [0, 0.1) is 0 Å². The van der Waals surface area contributed by atoms with Crippen LogP contribution in [0.15, 0.2) is 78.9 Å². The Labute approximate surface area is 162 Å². The molecule has 0 unspecified atom stereocenters. The SMILES string of the molecule is O=C(Cn1nc(-c2ccccc2)c2cc(Cl)ccc21)NCc1ccccc1. The van der Waals surface area contributed by atoms with Gasteiger partial charge in [0.15, 0.2) is 0 Å². The van der Waals surface area contributed by atoms with Crippen LogP contribution in [-0.4, -0.2) is 15.7 Å². The Morgan fingerprint density at radius 2 is 1.67 bits per heavy atom. The summed E-state index contributed by atoms with van der Waals surface area (Å²) in [6.45, 7) is 0.647. The molecular weight excluding hydrogens is 358 g/mol. The first-order valence-electron chi connectivity index (χ1n) is 8.73. The number of halogens is 1. The molecule has 0 bridgehead atoms. The molecule has 0 spiro atoms. The van der Waals surface area contributed by atoms with E-state index in [1.54, 1.807) is 4.68 Å². The number of hydrogen-bond donors (Lipinski definition) is 1. The smallest absolute Gasteiger partial charge is 0.242 e. The second kappa shape index (κ2) is 7.64. The minimum Gasteiger partial charge on any atom is -0.350 e. The standard InChI is InChI=1S/C22H18ClN3O/c23-18-11-12-20-19(13-18)22(17-9-5-2-6-10-17)25-26(20)15-21(27)24-14-16-7-3-1-4-8-16/h1-13H,14-15H2,(H,24,27). The van der Waals surface area contributed by atoms with Gasteiger partial charge in [-0.25, -0.2) is 0 Å². The maximum atomic E-state index is 12.4. The van der Waals surface area contributed by atoms with Gasteiger partial charge < -0.3 is 5.32 Å². The van der Waals surface area contributed by atoms with Gasteiger partial charge in [0.1, 0.15) is 12.2 Å². The average Bonchev–Trinajstić information content (AvgIpc) is 3.05. The van der Waals surface area contributed by atoms with E-state index in [2.05, 4.69) is 5.32 Å². The van der Waals surface area contributed by atoms with Crippen molar-refractivity contribution in [1.82, 2.24) is 15.1 Å². The molecule has 1 N–H and O–H groups in total. The Morgan fingerprint density at radius 1 is 0.963 bits per heavy atom. The molecule has 4 aromatic rings. The highest BCUT2D eigenvalue weighted by atomic mass is 35.5. The van der Waals surface area contributed by atoms with E-state index >= 15 is 0 Å². The van der Waals surface area contributed by atoms with Crippen molar-refractivity contribution in [2.24, 2.45) is 0 Å². The number of benzene rings is 3. The summed E-state index contributed by atoms with van der Waals surface area (Å²) in [6.07, 6.45) is 0. The number of nitrogens with zero attached hydrogens (tertiary/aromatic N) is 2. The molecule has 0 radical (unpaired) electrons. The zero-order chi connectivity index (χ0) is 18.6. The van der Waals surface area contributed by atoms with E-state index in [4.69, 9.17) is 16.7 Å². The Morgan fingerprint density at radius 3 is 2.41 bits per heavy atom. The molecule has 4 nitrogen and oxygen atoms in total. The Hall–Kier alpha value is -3.11. The van der Waals surface area contributed by atoms with E-state index < -0.39 is 0 Å². The number of hydrogen-bond acceptors (Lipinski definition) is 2. The third-order valence-electron chi connectivity index (χ3n) is 4.39. The number of fused-ring (bicyclic) bond motifs is 1. The van der Waals surface area contributed by atoms with Crippen molar-refractivity contribution < 1.29 is 4.79 Å². The second-order valence-corrected chi connectivity index (χ2v) is 6.73. The largest absolute Gasteiger partial charge is 0.350 e. The summed E-state index contributed by atoms with van der Waals surface area (Å²) in [5, 5.41) is 9.22. The van der Waals surface area contributed by atoms with E-state index in [0.29, 0.717) is 11.6 Å². The summed E-state index contributed by atoms with van der Waals surface area (Å²) in [6, 6.07) is 25.4. The van der Waals surface area contributed by atoms with E-state index in [0.717, 1.165) is 27.7 Å². The molecule has 134 valence electrons. The molecule has 0 saturated carbocycles. The summed E-state index contributed by atoms with van der Waals surface area (Å²) < 4.78 is 1.73. The molecule has 0 aliphatic rings. The fourth-order valence-corrected chi connectivity index (χ4v) is 3.24. The summed E-state index contributed by atoms with van der Waals surface area (Å²) in [4.78, 5) is 12.4. The maximum Gasteiger partial charge on any atom is 0.242 e. The van der Waals surface area contributed by atoms with Crippen LogP contribution in [0.25, 0.3) is 22.2 Å². The van der Waals surface area contributed by atoms with Crippen LogP contribution in [0.1, 0.15) is 5.56 Å². The van der Waals surface area contributed by atoms with Gasteiger partial charge in [-0.1, -0.05) is 72.3 Å². The average molecular weight is 376 g/mol. The second-order valence-electron chi connectivity index (χ2n) is 6.30. The predicted molar refractivity (Wildman–Crippen MR) is 108 cm³/mol. The van der Waals surface area contributed by atoms with Crippen molar-refractivity contribution in [2.75, 3.05) is 0 Å². The van der Waals surface area contributed by atoms with Crippen LogP contribution in [0.3, 0.4) is 0 Å². The van der Waals surface area contributed by atoms with Crippen LogP contribution < -0.4 is 5.32 Å². The van der Waals surface area contributed by atoms with Crippen molar-refractivity contribution in [3.63, 3.8) is 0 Å². The van der Waals surface area contributed by atoms with Crippen LogP contribution >= 0.6 is 11.6 Å². The van der Waals surface area contributed by atoms with Gasteiger partial charge in [-0.3, -0.25) is 9.48 Å². The Kier molecular flexibility index (Phi) is 4.90. The Bertz CT molecular complexity index is 1070. The summed E-state index contributed by atoms with van der Waals surface area (Å²) in [7, 11) is 0. The van der Waals surface area contributed by atoms with Crippen molar-refractivity contribution in [2.45, 2.75) is 13.1 Å². The molecule has 3 aromatic carbocycles. The van der Waals surface area contributed by atoms with Gasteiger partial charge in [0, 0.05) is 22.5 Å². The zero-order valence-electron chi connectivity index (χ0n) is 14.6. The number of carbonyl (C=O) groups excluding carboxylic acids is 1. The predicted octanol–water partition coefficient (Wildman–Crippen LogP) is 4.67. The van der Waals surface area contributed by atoms with E-state index in [1.807, 2.05) is 78.9 Å². The molecule has 1 aromatic heterocycles. The van der Waals surface area contributed by atoms with Gasteiger partial charge in [-0.2, -0.15) is 5.10 Å². The van der Waals surface area contributed by atoms with E-state index in [1.165, 1.54) is 0 Å². The molecule has 1 heterocycles. The topological polar surface area (TPSA) is 46.9 Å². The fraction of sp³-hybridized carbons (Fsp3) is 0.0909. The molecule has 0 atom stereocenters. The first-order chi connectivity index (χ1) is 13.2. The molecule has 0 aliphatic heterocycles. The molecule has 0 fully saturated rings. The molecule has 27 heavy (non-hydrogen) atoms. The minimum atomic E-state index is -0.0854. The number of rotatable bonds is 5. The molecule has 0 saturated heterocycles. The fourth-order valence-electron chi connectivity index (χ4n) is 3.07. The van der Waals surface area contributed by atoms with Crippen molar-refractivity contribution in [1.29, 1.82) is 0 Å². The first kappa shape index (κ1) is 17.3. The molecule has 1 amide bonds. The lowest BCUT2D eigenvalue weighted by molar-refractivity contribution is -0.121. The summed E-state index contributed by atoms with van der Waals surface area (Å²) >= 11 is 6.19. The maximum absolute atomic E-state index is 12.4. The highest BCUT2D eigenvalue weighted by Gasteiger charge is 2.14. The van der Waals surface area contributed by atoms with E-state index in [-0.39, 0.29) is 12.5 Å². The van der Waals surface area contributed by atoms with Crippen LogP contribution in [-0.2, 0) is 17.9 Å². The lowest BCUT2D eigenvalue weighted by Gasteiger charge is -2.06. The Balaban J connectivity index is 1.61. The van der Waals surface area contributed by atoms with Crippen molar-refractivity contribution >= 4 is 28.4 Å². The number of carbonyl (C=O) groups is 1. The quantitative estimate of drug-likeness (QED) is 0.550. The lowest BCUT2D eigenvalue weighted by atomic mass is 10.1. The van der Waals surface area contributed by atoms with Gasteiger partial charge in [0.2, 0.25) is 5.91 Å². The molecule has 4 rings (SSSR count). The van der Waals surface area contributed by atoms with E-state index in [9.17, 15) is 4.79 Å². The van der Waals surface area contributed by atoms with Gasteiger partial charge >= 0.3 is 0 Å². The van der Waals surface area contributed by atoms with Gasteiger partial charge in [-0.05, 0) is 23.8 Å². The van der Waals surface area contributed by atoms with Gasteiger partial charge in [0.05, 0.1) is 5.52 Å². The number of nitrogens with one attached hydrogen (secondary N) is 1. The number of aromatic nitrogens is 2. The summed E-state index contributed by atoms with van der Waals surface area (Å²) in [5.41, 5.74) is 3.76. The zero-order valence-corrected chi connectivity index (χ0v) is 15.4. The third kappa shape index (κ3) is 3.86. The monoisotopic (exact) mass is 375 g/mol. The highest BCUT2D eigenvalue weighted by molar-refractivity contribution is 6.31. The third-order valence-corrected chi connectivity index (χ3v) is 4.62. The van der Waals surface area contributed by atoms with Crippen LogP contribution in [0.4, 0.5) is 0 Å². The first-order valence-corrected chi connectivity index (χ1v) is 9.10. The molecular formula is C22H18ClN3O. The molecule has 5 heteroatoms. The van der Waals surface area contributed by atoms with Crippen LogP contribution in [0.5, 0.6) is 0 Å². The van der Waals surface area contributed by atoms with Gasteiger partial charge in [0.25, 0.3) is 0 Å². The van der Waals surface area contributed by atoms with Crippen molar-refractivity contribution in [3.8, 4) is 11.3 Å². The lowest BCUT2D eigenvalue weighted by Crippen LogP contribution is -2.27. The summed E-state index contributed by atoms with van der Waals surface area (Å²) in [5.74, 6) is -0.0854. The normalized spacial score (nSPS) is 10.9. The highest BCUT2D eigenvalue weighted by Crippen LogP contribution is 2.30. The number of amides is 1. The molecule has 0 aliphatic carbocycles. The van der Waals surface area contributed by atoms with Gasteiger partial charge in [-0.15, -0.1) is 0 Å². The van der Waals surface area contributed by atoms with Crippen molar-refractivity contribution in [3.05, 3.63) is 89.4 Å². The van der Waals surface area contributed by atoms with Crippen LogP contribution in [0.2, 0.25) is 5.02 Å².